The van der Waals surface area contributed by atoms with Crippen LogP contribution in [-0.2, 0) is 13.5 Å². The normalized spacial score (nSPS) is 25.9. The van der Waals surface area contributed by atoms with Gasteiger partial charge in [-0.05, 0) is 24.8 Å². The number of hydrogen-bond acceptors (Lipinski definition) is 3. The summed E-state index contributed by atoms with van der Waals surface area (Å²) in [5, 5.41) is 7.82. The van der Waals surface area contributed by atoms with Gasteiger partial charge in [-0.1, -0.05) is 13.3 Å². The molecule has 2 atom stereocenters. The van der Waals surface area contributed by atoms with E-state index < -0.39 is 0 Å². The molecular weight excluding hydrogens is 240 g/mol. The van der Waals surface area contributed by atoms with E-state index in [1.807, 2.05) is 18.0 Å². The number of nitrogens with one attached hydrogen (secondary N) is 1. The number of likely N-dealkylation sites (tertiary alicyclic amines) is 1. The highest BCUT2D eigenvalue weighted by atomic mass is 16.2. The van der Waals surface area contributed by atoms with Crippen LogP contribution in [0.1, 0.15) is 35.9 Å². The Kier molecular flexibility index (Phi) is 3.31. The van der Waals surface area contributed by atoms with E-state index >= 15 is 0 Å². The van der Waals surface area contributed by atoms with Crippen LogP contribution >= 0.6 is 0 Å². The lowest BCUT2D eigenvalue weighted by Gasteiger charge is -2.23. The number of nitrogens with zero attached hydrogens (tertiary/aromatic N) is 3. The molecule has 0 aliphatic carbocycles. The lowest BCUT2D eigenvalue weighted by atomic mass is 10.1. The third-order valence-electron chi connectivity index (χ3n) is 4.36. The highest BCUT2D eigenvalue weighted by Gasteiger charge is 2.40. The Morgan fingerprint density at radius 1 is 1.53 bits per heavy atom. The molecule has 0 saturated carbocycles. The average Bonchev–Trinajstić information content (AvgIpc) is 3.03. The van der Waals surface area contributed by atoms with Crippen molar-refractivity contribution in [2.24, 2.45) is 13.0 Å². The molecule has 2 aliphatic rings. The highest BCUT2D eigenvalue weighted by Crippen LogP contribution is 2.28. The zero-order valence-electron chi connectivity index (χ0n) is 11.7. The van der Waals surface area contributed by atoms with Crippen molar-refractivity contribution in [1.82, 2.24) is 20.0 Å². The maximum absolute atomic E-state index is 12.7. The van der Waals surface area contributed by atoms with Crippen LogP contribution in [0.5, 0.6) is 0 Å². The largest absolute Gasteiger partial charge is 0.333 e. The summed E-state index contributed by atoms with van der Waals surface area (Å²) in [6, 6.07) is 2.35. The lowest BCUT2D eigenvalue weighted by Crippen LogP contribution is -2.39. The van der Waals surface area contributed by atoms with E-state index in [1.54, 1.807) is 4.68 Å². The number of hydrogen-bond donors (Lipinski definition) is 1. The van der Waals surface area contributed by atoms with Gasteiger partial charge in [0.2, 0.25) is 0 Å². The molecule has 2 aliphatic heterocycles. The number of amides is 1. The SMILES string of the molecule is CCCc1cc(C(=O)N2CC[C@@H]3CNC[C@@H]32)n(C)n1. The quantitative estimate of drug-likeness (QED) is 0.877. The van der Waals surface area contributed by atoms with Gasteiger partial charge < -0.3 is 10.2 Å². The molecule has 0 aromatic carbocycles. The zero-order chi connectivity index (χ0) is 13.4. The van der Waals surface area contributed by atoms with Crippen molar-refractivity contribution in [3.8, 4) is 0 Å². The van der Waals surface area contributed by atoms with E-state index in [-0.39, 0.29) is 5.91 Å². The van der Waals surface area contributed by atoms with Gasteiger partial charge in [0.1, 0.15) is 5.69 Å². The summed E-state index contributed by atoms with van der Waals surface area (Å²) in [4.78, 5) is 14.7. The van der Waals surface area contributed by atoms with Gasteiger partial charge in [-0.25, -0.2) is 0 Å². The van der Waals surface area contributed by atoms with Gasteiger partial charge in [-0.3, -0.25) is 9.48 Å². The van der Waals surface area contributed by atoms with Crippen LogP contribution in [0.3, 0.4) is 0 Å². The highest BCUT2D eigenvalue weighted by molar-refractivity contribution is 5.93. The van der Waals surface area contributed by atoms with Crippen molar-refractivity contribution in [3.63, 3.8) is 0 Å². The fourth-order valence-corrected chi connectivity index (χ4v) is 3.35. The summed E-state index contributed by atoms with van der Waals surface area (Å²) >= 11 is 0. The molecule has 1 aromatic heterocycles. The van der Waals surface area contributed by atoms with Crippen molar-refractivity contribution in [3.05, 3.63) is 17.5 Å². The Balaban J connectivity index is 1.80. The number of carbonyl (C=O) groups is 1. The summed E-state index contributed by atoms with van der Waals surface area (Å²) < 4.78 is 1.74. The van der Waals surface area contributed by atoms with Gasteiger partial charge in [0.05, 0.1) is 5.69 Å². The smallest absolute Gasteiger partial charge is 0.272 e. The molecule has 3 heterocycles. The van der Waals surface area contributed by atoms with E-state index in [0.29, 0.717) is 12.0 Å². The van der Waals surface area contributed by atoms with Crippen molar-refractivity contribution >= 4 is 5.91 Å². The topological polar surface area (TPSA) is 50.2 Å². The standard InChI is InChI=1S/C14H22N4O/c1-3-4-11-7-12(17(2)16-11)14(19)18-6-5-10-8-15-9-13(10)18/h7,10,13,15H,3-6,8-9H2,1-2H3/t10-,13+/m1/s1. The molecule has 3 rings (SSSR count). The van der Waals surface area contributed by atoms with Gasteiger partial charge in [0.25, 0.3) is 5.91 Å². The first kappa shape index (κ1) is 12.7. The number of aryl methyl sites for hydroxylation is 2. The third kappa shape index (κ3) is 2.16. The van der Waals surface area contributed by atoms with E-state index in [4.69, 9.17) is 0 Å². The lowest BCUT2D eigenvalue weighted by molar-refractivity contribution is 0.0726. The van der Waals surface area contributed by atoms with Crippen molar-refractivity contribution < 1.29 is 4.79 Å². The predicted molar refractivity (Wildman–Crippen MR) is 73.0 cm³/mol. The van der Waals surface area contributed by atoms with Gasteiger partial charge >= 0.3 is 0 Å². The average molecular weight is 262 g/mol. The minimum Gasteiger partial charge on any atom is -0.333 e. The Labute approximate surface area is 114 Å². The van der Waals surface area contributed by atoms with E-state index in [2.05, 4.69) is 17.3 Å². The molecule has 5 nitrogen and oxygen atoms in total. The number of fused-ring (bicyclic) bond motifs is 1. The van der Waals surface area contributed by atoms with Gasteiger partial charge in [0.15, 0.2) is 0 Å². The summed E-state index contributed by atoms with van der Waals surface area (Å²) in [6.07, 6.45) is 3.13. The first-order chi connectivity index (χ1) is 9.20. The summed E-state index contributed by atoms with van der Waals surface area (Å²) in [5.74, 6) is 0.792. The maximum Gasteiger partial charge on any atom is 0.272 e. The van der Waals surface area contributed by atoms with Crippen molar-refractivity contribution in [1.29, 1.82) is 0 Å². The molecule has 1 aromatic rings. The van der Waals surface area contributed by atoms with Crippen LogP contribution in [0.4, 0.5) is 0 Å². The Morgan fingerprint density at radius 2 is 2.37 bits per heavy atom. The summed E-state index contributed by atoms with van der Waals surface area (Å²) in [5.41, 5.74) is 1.75. The molecule has 104 valence electrons. The monoisotopic (exact) mass is 262 g/mol. The summed E-state index contributed by atoms with van der Waals surface area (Å²) in [7, 11) is 1.87. The first-order valence-corrected chi connectivity index (χ1v) is 7.25. The van der Waals surface area contributed by atoms with Crippen LogP contribution < -0.4 is 5.32 Å². The molecule has 19 heavy (non-hydrogen) atoms. The molecule has 2 fully saturated rings. The Morgan fingerprint density at radius 3 is 3.16 bits per heavy atom. The van der Waals surface area contributed by atoms with Crippen LogP contribution in [0.15, 0.2) is 6.07 Å². The van der Waals surface area contributed by atoms with Crippen molar-refractivity contribution in [2.75, 3.05) is 19.6 Å². The molecule has 0 bridgehead atoms. The fraction of sp³-hybridized carbons (Fsp3) is 0.714. The second-order valence-electron chi connectivity index (χ2n) is 5.67. The van der Waals surface area contributed by atoms with Gasteiger partial charge in [-0.2, -0.15) is 5.10 Å². The van der Waals surface area contributed by atoms with E-state index in [9.17, 15) is 4.79 Å². The van der Waals surface area contributed by atoms with Gasteiger partial charge in [-0.15, -0.1) is 0 Å². The zero-order valence-corrected chi connectivity index (χ0v) is 11.7. The fourth-order valence-electron chi connectivity index (χ4n) is 3.35. The van der Waals surface area contributed by atoms with Crippen LogP contribution in [0, 0.1) is 5.92 Å². The van der Waals surface area contributed by atoms with Crippen molar-refractivity contribution in [2.45, 2.75) is 32.2 Å². The second kappa shape index (κ2) is 4.96. The van der Waals surface area contributed by atoms with Gasteiger partial charge in [0, 0.05) is 32.7 Å². The maximum atomic E-state index is 12.7. The summed E-state index contributed by atoms with van der Waals surface area (Å²) in [6.45, 7) is 5.02. The van der Waals surface area contributed by atoms with E-state index in [1.165, 1.54) is 0 Å². The minimum absolute atomic E-state index is 0.147. The molecule has 5 heteroatoms. The van der Waals surface area contributed by atoms with Crippen LogP contribution in [0.2, 0.25) is 0 Å². The Hall–Kier alpha value is -1.36. The molecule has 0 radical (unpaired) electrons. The number of aromatic nitrogens is 2. The molecule has 0 spiro atoms. The van der Waals surface area contributed by atoms with E-state index in [0.717, 1.165) is 50.3 Å². The minimum atomic E-state index is 0.147. The molecule has 2 saturated heterocycles. The Bertz CT molecular complexity index is 482. The van der Waals surface area contributed by atoms with Crippen LogP contribution in [0.25, 0.3) is 0 Å². The predicted octanol–water partition coefficient (Wildman–Crippen LogP) is 0.806. The van der Waals surface area contributed by atoms with Crippen LogP contribution in [-0.4, -0.2) is 46.3 Å². The third-order valence-corrected chi connectivity index (χ3v) is 4.36. The first-order valence-electron chi connectivity index (χ1n) is 7.25. The number of rotatable bonds is 3. The number of carbonyl (C=O) groups excluding carboxylic acids is 1. The molecule has 1 N–H and O–H groups in total. The molecule has 0 unspecified atom stereocenters. The molecule has 1 amide bonds. The second-order valence-corrected chi connectivity index (χ2v) is 5.67. The molecular formula is C14H22N4O.